The number of carbonyl (C=O) groups is 1. The number of amides is 1. The van der Waals surface area contributed by atoms with Gasteiger partial charge in [-0.15, -0.1) is 0 Å². The molecular weight excluding hydrogens is 248 g/mol. The van der Waals surface area contributed by atoms with Gasteiger partial charge < -0.3 is 20.7 Å². The maximum absolute atomic E-state index is 12.1. The van der Waals surface area contributed by atoms with E-state index in [1.54, 1.807) is 24.3 Å². The minimum Gasteiger partial charge on any atom is -0.497 e. The number of rotatable bonds is 2. The number of nitrogens with zero attached hydrogens (tertiary/aromatic N) is 1. The molecule has 0 saturated carbocycles. The van der Waals surface area contributed by atoms with E-state index in [1.807, 2.05) is 0 Å². The summed E-state index contributed by atoms with van der Waals surface area (Å²) >= 11 is 0. The minimum atomic E-state index is -1.78. The summed E-state index contributed by atoms with van der Waals surface area (Å²) in [6.45, 7) is 2.71. The second-order valence-electron chi connectivity index (χ2n) is 5.02. The first-order valence-corrected chi connectivity index (χ1v) is 5.92. The zero-order valence-electron chi connectivity index (χ0n) is 11.1. The van der Waals surface area contributed by atoms with Crippen LogP contribution in [0.2, 0.25) is 0 Å². The molecule has 1 heterocycles. The number of methoxy groups -OCH3 is 1. The Morgan fingerprint density at radius 2 is 1.79 bits per heavy atom. The SMILES string of the molecule is COc1ccc(N2C(=O)C(N)C(C)(O)C2(C)O)cc1. The second kappa shape index (κ2) is 4.19. The van der Waals surface area contributed by atoms with E-state index in [-0.39, 0.29) is 0 Å². The average Bonchev–Trinajstić information content (AvgIpc) is 2.48. The summed E-state index contributed by atoms with van der Waals surface area (Å²) < 4.78 is 5.03. The number of benzene rings is 1. The molecule has 1 saturated heterocycles. The summed E-state index contributed by atoms with van der Waals surface area (Å²) in [6.07, 6.45) is 0. The lowest BCUT2D eigenvalue weighted by Crippen LogP contribution is -2.58. The van der Waals surface area contributed by atoms with Gasteiger partial charge in [0.15, 0.2) is 5.72 Å². The number of aliphatic hydroxyl groups is 2. The highest BCUT2D eigenvalue weighted by molar-refractivity contribution is 6.02. The fourth-order valence-electron chi connectivity index (χ4n) is 2.22. The van der Waals surface area contributed by atoms with Crippen LogP contribution in [0.25, 0.3) is 0 Å². The van der Waals surface area contributed by atoms with Crippen molar-refractivity contribution in [1.29, 1.82) is 0 Å². The number of ether oxygens (including phenoxy) is 1. The van der Waals surface area contributed by atoms with Crippen molar-refractivity contribution in [1.82, 2.24) is 0 Å². The summed E-state index contributed by atoms with van der Waals surface area (Å²) in [5, 5.41) is 20.7. The van der Waals surface area contributed by atoms with E-state index in [9.17, 15) is 15.0 Å². The maximum Gasteiger partial charge on any atom is 0.249 e. The van der Waals surface area contributed by atoms with Gasteiger partial charge in [-0.3, -0.25) is 9.69 Å². The third kappa shape index (κ3) is 1.80. The molecule has 3 atom stereocenters. The second-order valence-corrected chi connectivity index (χ2v) is 5.02. The highest BCUT2D eigenvalue weighted by Crippen LogP contribution is 2.39. The molecule has 1 amide bonds. The van der Waals surface area contributed by atoms with Gasteiger partial charge in [0.25, 0.3) is 0 Å². The Kier molecular flexibility index (Phi) is 3.04. The van der Waals surface area contributed by atoms with Gasteiger partial charge in [-0.1, -0.05) is 0 Å². The van der Waals surface area contributed by atoms with Crippen molar-refractivity contribution >= 4 is 11.6 Å². The van der Waals surface area contributed by atoms with Gasteiger partial charge in [0.1, 0.15) is 17.4 Å². The van der Waals surface area contributed by atoms with E-state index in [2.05, 4.69) is 0 Å². The van der Waals surface area contributed by atoms with E-state index in [0.29, 0.717) is 11.4 Å². The molecule has 0 aliphatic carbocycles. The lowest BCUT2D eigenvalue weighted by atomic mass is 9.91. The molecule has 2 rings (SSSR count). The zero-order chi connectivity index (χ0) is 14.4. The molecule has 1 aliphatic rings. The summed E-state index contributed by atoms with van der Waals surface area (Å²) in [7, 11) is 1.53. The average molecular weight is 266 g/mol. The molecule has 0 radical (unpaired) electrons. The quantitative estimate of drug-likeness (QED) is 0.690. The summed E-state index contributed by atoms with van der Waals surface area (Å²) in [5.41, 5.74) is 2.63. The van der Waals surface area contributed by atoms with Gasteiger partial charge in [-0.25, -0.2) is 0 Å². The van der Waals surface area contributed by atoms with Crippen molar-refractivity contribution in [3.05, 3.63) is 24.3 Å². The van der Waals surface area contributed by atoms with Gasteiger partial charge >= 0.3 is 0 Å². The first-order chi connectivity index (χ1) is 8.73. The number of carbonyl (C=O) groups excluding carboxylic acids is 1. The Morgan fingerprint density at radius 1 is 1.26 bits per heavy atom. The summed E-state index contributed by atoms with van der Waals surface area (Å²) in [5.74, 6) is 0.103. The smallest absolute Gasteiger partial charge is 0.249 e. The van der Waals surface area contributed by atoms with Crippen LogP contribution in [-0.4, -0.2) is 40.6 Å². The molecule has 104 valence electrons. The Morgan fingerprint density at radius 3 is 2.16 bits per heavy atom. The number of hydrogen-bond donors (Lipinski definition) is 3. The van der Waals surface area contributed by atoms with Crippen LogP contribution in [0.15, 0.2) is 24.3 Å². The summed E-state index contributed by atoms with van der Waals surface area (Å²) in [4.78, 5) is 13.2. The number of anilines is 1. The van der Waals surface area contributed by atoms with E-state index >= 15 is 0 Å². The molecule has 19 heavy (non-hydrogen) atoms. The Balaban J connectivity index is 2.46. The van der Waals surface area contributed by atoms with Gasteiger partial charge in [-0.2, -0.15) is 0 Å². The van der Waals surface area contributed by atoms with Crippen LogP contribution in [0.1, 0.15) is 13.8 Å². The Bertz CT molecular complexity index is 496. The monoisotopic (exact) mass is 266 g/mol. The predicted molar refractivity (Wildman–Crippen MR) is 69.7 cm³/mol. The molecule has 3 unspecified atom stereocenters. The molecule has 4 N–H and O–H groups in total. The Labute approximate surface area is 111 Å². The third-order valence-electron chi connectivity index (χ3n) is 3.82. The highest BCUT2D eigenvalue weighted by Gasteiger charge is 2.62. The highest BCUT2D eigenvalue weighted by atomic mass is 16.5. The van der Waals surface area contributed by atoms with Crippen LogP contribution in [0.5, 0.6) is 5.75 Å². The maximum atomic E-state index is 12.1. The fraction of sp³-hybridized carbons (Fsp3) is 0.462. The van der Waals surface area contributed by atoms with Crippen LogP contribution in [0, 0.1) is 0 Å². The van der Waals surface area contributed by atoms with Gasteiger partial charge in [0, 0.05) is 5.69 Å². The largest absolute Gasteiger partial charge is 0.497 e. The normalized spacial score (nSPS) is 34.7. The van der Waals surface area contributed by atoms with Crippen molar-refractivity contribution in [3.63, 3.8) is 0 Å². The minimum absolute atomic E-state index is 0.448. The first-order valence-electron chi connectivity index (χ1n) is 5.92. The zero-order valence-corrected chi connectivity index (χ0v) is 11.1. The summed E-state index contributed by atoms with van der Waals surface area (Å²) in [6, 6.07) is 5.40. The van der Waals surface area contributed by atoms with Crippen molar-refractivity contribution in [3.8, 4) is 5.75 Å². The van der Waals surface area contributed by atoms with Crippen LogP contribution < -0.4 is 15.4 Å². The molecule has 0 spiro atoms. The van der Waals surface area contributed by atoms with Crippen molar-refractivity contribution in [2.75, 3.05) is 12.0 Å². The van der Waals surface area contributed by atoms with E-state index in [1.165, 1.54) is 21.0 Å². The lowest BCUT2D eigenvalue weighted by Gasteiger charge is -2.37. The lowest BCUT2D eigenvalue weighted by molar-refractivity contribution is -0.120. The van der Waals surface area contributed by atoms with Crippen LogP contribution in [-0.2, 0) is 4.79 Å². The van der Waals surface area contributed by atoms with Crippen molar-refractivity contribution in [2.45, 2.75) is 31.2 Å². The van der Waals surface area contributed by atoms with E-state index in [0.717, 1.165) is 4.90 Å². The molecule has 1 aromatic rings. The molecular formula is C13H18N2O4. The van der Waals surface area contributed by atoms with Crippen LogP contribution in [0.3, 0.4) is 0 Å². The molecule has 1 aromatic carbocycles. The first kappa shape index (κ1) is 13.8. The number of nitrogens with two attached hydrogens (primary N) is 1. The molecule has 1 aliphatic heterocycles. The topological polar surface area (TPSA) is 96.0 Å². The number of hydrogen-bond acceptors (Lipinski definition) is 5. The molecule has 0 bridgehead atoms. The van der Waals surface area contributed by atoms with Gasteiger partial charge in [-0.05, 0) is 38.1 Å². The van der Waals surface area contributed by atoms with Crippen LogP contribution >= 0.6 is 0 Å². The Hall–Kier alpha value is -1.63. The van der Waals surface area contributed by atoms with Crippen LogP contribution in [0.4, 0.5) is 5.69 Å². The van der Waals surface area contributed by atoms with E-state index < -0.39 is 23.3 Å². The fourth-order valence-corrected chi connectivity index (χ4v) is 2.22. The van der Waals surface area contributed by atoms with E-state index in [4.69, 9.17) is 10.5 Å². The standard InChI is InChI=1S/C13H18N2O4/c1-12(17)10(14)11(16)15(13(12,2)18)8-4-6-9(19-3)7-5-8/h4-7,10,17-18H,14H2,1-3H3. The molecule has 6 heteroatoms. The predicted octanol–water partition coefficient (Wildman–Crippen LogP) is -0.171. The molecule has 0 aromatic heterocycles. The molecule has 1 fully saturated rings. The van der Waals surface area contributed by atoms with Gasteiger partial charge in [0.05, 0.1) is 7.11 Å². The van der Waals surface area contributed by atoms with Crippen molar-refractivity contribution in [2.24, 2.45) is 5.73 Å². The molecule has 6 nitrogen and oxygen atoms in total. The third-order valence-corrected chi connectivity index (χ3v) is 3.82. The van der Waals surface area contributed by atoms with Gasteiger partial charge in [0.2, 0.25) is 5.91 Å². The van der Waals surface area contributed by atoms with Crippen molar-refractivity contribution < 1.29 is 19.7 Å².